The standard InChI is InChI=1S/C30H20N2/c31-21-29(22-32)30(28-18-16-27(17-19-28)25-11-5-2-6-12-25)20-23-8-7-13-26(15-14-23)24-9-3-1-4-10-24/h1-20H/b23-20-. The van der Waals surface area contributed by atoms with Crippen LogP contribution in [0.5, 0.6) is 0 Å². The van der Waals surface area contributed by atoms with Gasteiger partial charge in [-0.3, -0.25) is 0 Å². The van der Waals surface area contributed by atoms with Gasteiger partial charge in [0.1, 0.15) is 17.7 Å². The first-order valence-corrected chi connectivity index (χ1v) is 10.3. The molecule has 1 aliphatic rings. The molecule has 4 rings (SSSR count). The molecule has 0 atom stereocenters. The van der Waals surface area contributed by atoms with Crippen LogP contribution in [-0.2, 0) is 0 Å². The summed E-state index contributed by atoms with van der Waals surface area (Å²) in [6.07, 6.45) is 12.0. The molecule has 0 radical (unpaired) electrons. The van der Waals surface area contributed by atoms with Gasteiger partial charge in [-0.15, -0.1) is 0 Å². The highest BCUT2D eigenvalue weighted by Gasteiger charge is 2.09. The van der Waals surface area contributed by atoms with Crippen LogP contribution >= 0.6 is 0 Å². The maximum Gasteiger partial charge on any atom is 0.137 e. The molecule has 2 nitrogen and oxygen atoms in total. The van der Waals surface area contributed by atoms with Gasteiger partial charge < -0.3 is 0 Å². The molecule has 0 fully saturated rings. The zero-order valence-electron chi connectivity index (χ0n) is 17.4. The van der Waals surface area contributed by atoms with E-state index in [1.807, 2.05) is 97.1 Å². The highest BCUT2D eigenvalue weighted by atomic mass is 14.3. The highest BCUT2D eigenvalue weighted by molar-refractivity contribution is 5.85. The molecule has 32 heavy (non-hydrogen) atoms. The molecule has 0 amide bonds. The SMILES string of the molecule is N#CC(C#N)=C(/C=C1/C=CC=C(c2ccccc2)C=C1)c1ccc(-c2ccccc2)cc1. The summed E-state index contributed by atoms with van der Waals surface area (Å²) < 4.78 is 0. The largest absolute Gasteiger partial charge is 0.192 e. The van der Waals surface area contributed by atoms with Crippen LogP contribution in [-0.4, -0.2) is 0 Å². The molecule has 0 spiro atoms. The first-order valence-electron chi connectivity index (χ1n) is 10.3. The number of hydrogen-bond donors (Lipinski definition) is 0. The summed E-state index contributed by atoms with van der Waals surface area (Å²) >= 11 is 0. The molecule has 0 saturated heterocycles. The second-order valence-corrected chi connectivity index (χ2v) is 7.28. The van der Waals surface area contributed by atoms with Crippen molar-refractivity contribution >= 4 is 11.1 Å². The van der Waals surface area contributed by atoms with Crippen molar-refractivity contribution in [2.24, 2.45) is 0 Å². The molecule has 150 valence electrons. The van der Waals surface area contributed by atoms with Crippen molar-refractivity contribution in [3.8, 4) is 23.3 Å². The van der Waals surface area contributed by atoms with Gasteiger partial charge in [-0.25, -0.2) is 0 Å². The molecular formula is C30H20N2. The minimum atomic E-state index is 0.0900. The summed E-state index contributed by atoms with van der Waals surface area (Å²) in [4.78, 5) is 0. The minimum Gasteiger partial charge on any atom is -0.192 e. The number of nitrogens with zero attached hydrogens (tertiary/aromatic N) is 2. The summed E-state index contributed by atoms with van der Waals surface area (Å²) in [6, 6.07) is 32.3. The Morgan fingerprint density at radius 3 is 1.84 bits per heavy atom. The lowest BCUT2D eigenvalue weighted by Gasteiger charge is -2.07. The van der Waals surface area contributed by atoms with Gasteiger partial charge in [-0.05, 0) is 39.5 Å². The van der Waals surface area contributed by atoms with Gasteiger partial charge in [0.2, 0.25) is 0 Å². The Morgan fingerprint density at radius 2 is 1.22 bits per heavy atom. The van der Waals surface area contributed by atoms with Crippen molar-refractivity contribution in [1.82, 2.24) is 0 Å². The van der Waals surface area contributed by atoms with Crippen molar-refractivity contribution in [3.05, 3.63) is 144 Å². The van der Waals surface area contributed by atoms with E-state index >= 15 is 0 Å². The number of rotatable bonds is 4. The molecule has 0 saturated carbocycles. The minimum absolute atomic E-state index is 0.0900. The Kier molecular flexibility index (Phi) is 6.37. The van der Waals surface area contributed by atoms with E-state index in [0.29, 0.717) is 5.57 Å². The number of hydrogen-bond acceptors (Lipinski definition) is 2. The van der Waals surface area contributed by atoms with Gasteiger partial charge >= 0.3 is 0 Å². The fraction of sp³-hybridized carbons (Fsp3) is 0. The fourth-order valence-corrected chi connectivity index (χ4v) is 3.56. The zero-order valence-corrected chi connectivity index (χ0v) is 17.4. The van der Waals surface area contributed by atoms with Crippen LogP contribution in [0, 0.1) is 22.7 Å². The molecule has 0 bridgehead atoms. The van der Waals surface area contributed by atoms with Crippen molar-refractivity contribution < 1.29 is 0 Å². The summed E-state index contributed by atoms with van der Waals surface area (Å²) in [6.45, 7) is 0. The van der Waals surface area contributed by atoms with Gasteiger partial charge in [0.25, 0.3) is 0 Å². The molecule has 0 aromatic heterocycles. The Morgan fingerprint density at radius 1 is 0.625 bits per heavy atom. The molecule has 2 heteroatoms. The zero-order chi connectivity index (χ0) is 22.2. The average Bonchev–Trinajstić information content (AvgIpc) is 3.11. The maximum atomic E-state index is 9.56. The van der Waals surface area contributed by atoms with E-state index < -0.39 is 0 Å². The van der Waals surface area contributed by atoms with E-state index in [4.69, 9.17) is 0 Å². The normalized spacial score (nSPS) is 13.6. The number of benzene rings is 3. The highest BCUT2D eigenvalue weighted by Crippen LogP contribution is 2.27. The molecule has 3 aromatic rings. The second kappa shape index (κ2) is 9.90. The Labute approximate surface area is 188 Å². The Hall–Kier alpha value is -4.66. The van der Waals surface area contributed by atoms with Crippen LogP contribution in [0.15, 0.2) is 133 Å². The quantitative estimate of drug-likeness (QED) is 0.426. The molecule has 0 N–H and O–H groups in total. The van der Waals surface area contributed by atoms with Crippen molar-refractivity contribution in [2.75, 3.05) is 0 Å². The van der Waals surface area contributed by atoms with Crippen molar-refractivity contribution in [1.29, 1.82) is 10.5 Å². The average molecular weight is 409 g/mol. The van der Waals surface area contributed by atoms with Crippen LogP contribution < -0.4 is 0 Å². The summed E-state index contributed by atoms with van der Waals surface area (Å²) in [5.41, 5.74) is 6.89. The Balaban J connectivity index is 1.69. The van der Waals surface area contributed by atoms with Gasteiger partial charge in [-0.1, -0.05) is 115 Å². The van der Waals surface area contributed by atoms with Crippen LogP contribution in [0.4, 0.5) is 0 Å². The third-order valence-electron chi connectivity index (χ3n) is 5.23. The monoisotopic (exact) mass is 408 g/mol. The van der Waals surface area contributed by atoms with E-state index in [0.717, 1.165) is 33.4 Å². The van der Waals surface area contributed by atoms with E-state index in [1.54, 1.807) is 0 Å². The number of nitriles is 2. The maximum absolute atomic E-state index is 9.56. The van der Waals surface area contributed by atoms with Crippen LogP contribution in [0.2, 0.25) is 0 Å². The summed E-state index contributed by atoms with van der Waals surface area (Å²) in [5.74, 6) is 0. The first kappa shape index (κ1) is 20.6. The van der Waals surface area contributed by atoms with Crippen LogP contribution in [0.1, 0.15) is 11.1 Å². The predicted molar refractivity (Wildman–Crippen MR) is 131 cm³/mol. The summed E-state index contributed by atoms with van der Waals surface area (Å²) in [5, 5.41) is 19.1. The molecule has 0 aliphatic heterocycles. The molecular weight excluding hydrogens is 388 g/mol. The molecule has 0 heterocycles. The predicted octanol–water partition coefficient (Wildman–Crippen LogP) is 7.29. The molecule has 1 aliphatic carbocycles. The van der Waals surface area contributed by atoms with Gasteiger partial charge in [-0.2, -0.15) is 10.5 Å². The fourth-order valence-electron chi connectivity index (χ4n) is 3.56. The van der Waals surface area contributed by atoms with Crippen LogP contribution in [0.3, 0.4) is 0 Å². The van der Waals surface area contributed by atoms with E-state index in [9.17, 15) is 10.5 Å². The number of allylic oxidation sites excluding steroid dienone is 10. The van der Waals surface area contributed by atoms with E-state index in [2.05, 4.69) is 36.4 Å². The van der Waals surface area contributed by atoms with Crippen LogP contribution in [0.25, 0.3) is 22.3 Å². The van der Waals surface area contributed by atoms with E-state index in [-0.39, 0.29) is 5.57 Å². The topological polar surface area (TPSA) is 47.6 Å². The van der Waals surface area contributed by atoms with Gasteiger partial charge in [0.15, 0.2) is 0 Å². The van der Waals surface area contributed by atoms with E-state index in [1.165, 1.54) is 0 Å². The Bertz CT molecular complexity index is 1320. The van der Waals surface area contributed by atoms with Gasteiger partial charge in [0.05, 0.1) is 0 Å². The first-order chi connectivity index (χ1) is 15.8. The van der Waals surface area contributed by atoms with Crippen molar-refractivity contribution in [3.63, 3.8) is 0 Å². The molecule has 3 aromatic carbocycles. The lowest BCUT2D eigenvalue weighted by atomic mass is 9.95. The van der Waals surface area contributed by atoms with Gasteiger partial charge in [0, 0.05) is 5.57 Å². The van der Waals surface area contributed by atoms with Crippen molar-refractivity contribution in [2.45, 2.75) is 0 Å². The third kappa shape index (κ3) is 4.73. The lowest BCUT2D eigenvalue weighted by molar-refractivity contribution is 1.45. The third-order valence-corrected chi connectivity index (χ3v) is 5.23. The lowest BCUT2D eigenvalue weighted by Crippen LogP contribution is -1.89. The second-order valence-electron chi connectivity index (χ2n) is 7.28. The smallest absolute Gasteiger partial charge is 0.137 e. The molecule has 0 unspecified atom stereocenters. The summed E-state index contributed by atoms with van der Waals surface area (Å²) in [7, 11) is 0.